The summed E-state index contributed by atoms with van der Waals surface area (Å²) in [6.45, 7) is 6.18. The lowest BCUT2D eigenvalue weighted by Gasteiger charge is -2.19. The number of anilines is 1. The minimum Gasteiger partial charge on any atom is -0.383 e. The van der Waals surface area contributed by atoms with Crippen molar-refractivity contribution in [3.8, 4) is 6.07 Å². The predicted molar refractivity (Wildman–Crippen MR) is 122 cm³/mol. The van der Waals surface area contributed by atoms with E-state index in [1.165, 1.54) is 29.5 Å². The topological polar surface area (TPSA) is 64.9 Å². The van der Waals surface area contributed by atoms with Crippen molar-refractivity contribution in [2.75, 3.05) is 5.32 Å². The second kappa shape index (κ2) is 10.1. The highest BCUT2D eigenvalue weighted by Gasteiger charge is 2.15. The summed E-state index contributed by atoms with van der Waals surface area (Å²) >= 11 is 0. The van der Waals surface area contributed by atoms with Gasteiger partial charge in [0.05, 0.1) is 0 Å². The predicted octanol–water partition coefficient (Wildman–Crippen LogP) is 5.39. The molecule has 0 aliphatic heterocycles. The second-order valence-corrected chi connectivity index (χ2v) is 7.91. The van der Waals surface area contributed by atoms with Gasteiger partial charge in [-0.15, -0.1) is 0 Å². The Morgan fingerprint density at radius 2 is 1.77 bits per heavy atom. The SMILES string of the molecule is CCc1cccc(CC)c1NC(=O)/C(C#N)=C\NC(C)c1ccc2c(c1)CCCC2. The number of amides is 1. The summed E-state index contributed by atoms with van der Waals surface area (Å²) in [7, 11) is 0. The molecule has 156 valence electrons. The maximum Gasteiger partial charge on any atom is 0.267 e. The van der Waals surface area contributed by atoms with Crippen LogP contribution < -0.4 is 10.6 Å². The average molecular weight is 402 g/mol. The van der Waals surface area contributed by atoms with Gasteiger partial charge in [-0.25, -0.2) is 0 Å². The van der Waals surface area contributed by atoms with E-state index in [0.717, 1.165) is 42.5 Å². The number of hydrogen-bond acceptors (Lipinski definition) is 3. The number of nitrogens with zero attached hydrogens (tertiary/aromatic N) is 1. The third-order valence-corrected chi connectivity index (χ3v) is 5.95. The lowest BCUT2D eigenvalue weighted by Crippen LogP contribution is -2.20. The van der Waals surface area contributed by atoms with E-state index in [2.05, 4.69) is 49.6 Å². The van der Waals surface area contributed by atoms with Crippen molar-refractivity contribution in [3.63, 3.8) is 0 Å². The van der Waals surface area contributed by atoms with Gasteiger partial charge in [0.25, 0.3) is 5.91 Å². The number of para-hydroxylation sites is 1. The van der Waals surface area contributed by atoms with Gasteiger partial charge in [0.15, 0.2) is 0 Å². The fourth-order valence-electron chi connectivity index (χ4n) is 4.06. The molecule has 2 aromatic carbocycles. The Hall–Kier alpha value is -3.06. The Labute approximate surface area is 180 Å². The summed E-state index contributed by atoms with van der Waals surface area (Å²) in [5.41, 5.74) is 7.12. The van der Waals surface area contributed by atoms with Crippen LogP contribution in [0.1, 0.15) is 67.5 Å². The number of carbonyl (C=O) groups excluding carboxylic acids is 1. The minimum absolute atomic E-state index is 0.0162. The Morgan fingerprint density at radius 1 is 1.10 bits per heavy atom. The summed E-state index contributed by atoms with van der Waals surface area (Å²) in [5.74, 6) is -0.377. The van der Waals surface area contributed by atoms with Crippen LogP contribution in [0.15, 0.2) is 48.2 Å². The smallest absolute Gasteiger partial charge is 0.267 e. The summed E-state index contributed by atoms with van der Waals surface area (Å²) in [5, 5.41) is 15.8. The maximum absolute atomic E-state index is 12.8. The first-order valence-electron chi connectivity index (χ1n) is 11.0. The van der Waals surface area contributed by atoms with Gasteiger partial charge in [-0.2, -0.15) is 5.26 Å². The number of nitriles is 1. The molecule has 0 bridgehead atoms. The van der Waals surface area contributed by atoms with E-state index in [1.807, 2.05) is 24.3 Å². The van der Waals surface area contributed by atoms with E-state index in [1.54, 1.807) is 6.20 Å². The normalized spacial score (nSPS) is 14.4. The van der Waals surface area contributed by atoms with Crippen LogP contribution in [0, 0.1) is 11.3 Å². The molecule has 0 heterocycles. The summed E-state index contributed by atoms with van der Waals surface area (Å²) in [4.78, 5) is 12.8. The lowest BCUT2D eigenvalue weighted by molar-refractivity contribution is -0.112. The molecular weight excluding hydrogens is 370 g/mol. The van der Waals surface area contributed by atoms with Crippen molar-refractivity contribution >= 4 is 11.6 Å². The van der Waals surface area contributed by atoms with Gasteiger partial charge >= 0.3 is 0 Å². The van der Waals surface area contributed by atoms with Gasteiger partial charge in [0.1, 0.15) is 11.6 Å². The molecule has 4 heteroatoms. The number of carbonyl (C=O) groups is 1. The monoisotopic (exact) mass is 401 g/mol. The number of hydrogen-bond donors (Lipinski definition) is 2. The molecule has 1 unspecified atom stereocenters. The Kier molecular flexibility index (Phi) is 7.30. The Balaban J connectivity index is 1.73. The van der Waals surface area contributed by atoms with Gasteiger partial charge in [0, 0.05) is 17.9 Å². The molecule has 1 atom stereocenters. The molecule has 1 aliphatic carbocycles. The number of benzene rings is 2. The molecule has 0 fully saturated rings. The standard InChI is InChI=1S/C26H31N3O/c1-4-19-11-8-12-20(5-2)25(19)29-26(30)24(16-27)17-28-18(3)22-14-13-21-9-6-7-10-23(21)15-22/h8,11-15,17-18,28H,4-7,9-10H2,1-3H3,(H,29,30)/b24-17-. The molecule has 1 amide bonds. The van der Waals surface area contributed by atoms with Gasteiger partial charge in [-0.05, 0) is 73.3 Å². The van der Waals surface area contributed by atoms with Gasteiger partial charge < -0.3 is 10.6 Å². The highest BCUT2D eigenvalue weighted by Crippen LogP contribution is 2.25. The fraction of sp³-hybridized carbons (Fsp3) is 0.385. The van der Waals surface area contributed by atoms with E-state index >= 15 is 0 Å². The highest BCUT2D eigenvalue weighted by molar-refractivity contribution is 6.07. The fourth-order valence-corrected chi connectivity index (χ4v) is 4.06. The first kappa shape index (κ1) is 21.6. The van der Waals surface area contributed by atoms with Crippen LogP contribution >= 0.6 is 0 Å². The third kappa shape index (κ3) is 4.91. The van der Waals surface area contributed by atoms with Crippen molar-refractivity contribution in [1.29, 1.82) is 5.26 Å². The van der Waals surface area contributed by atoms with Gasteiger partial charge in [-0.3, -0.25) is 4.79 Å². The van der Waals surface area contributed by atoms with Crippen LogP contribution in [0.25, 0.3) is 0 Å². The van der Waals surface area contributed by atoms with E-state index in [4.69, 9.17) is 0 Å². The summed E-state index contributed by atoms with van der Waals surface area (Å²) in [6, 6.07) is 14.7. The second-order valence-electron chi connectivity index (χ2n) is 7.91. The zero-order valence-electron chi connectivity index (χ0n) is 18.2. The zero-order valence-corrected chi connectivity index (χ0v) is 18.2. The largest absolute Gasteiger partial charge is 0.383 e. The molecule has 4 nitrogen and oxygen atoms in total. The lowest BCUT2D eigenvalue weighted by atomic mass is 9.89. The zero-order chi connectivity index (χ0) is 21.5. The first-order chi connectivity index (χ1) is 14.6. The number of fused-ring (bicyclic) bond motifs is 1. The van der Waals surface area contributed by atoms with Crippen LogP contribution in [0.3, 0.4) is 0 Å². The number of aryl methyl sites for hydroxylation is 4. The molecule has 3 rings (SSSR count). The summed E-state index contributed by atoms with van der Waals surface area (Å²) < 4.78 is 0. The highest BCUT2D eigenvalue weighted by atomic mass is 16.1. The minimum atomic E-state index is -0.377. The molecule has 0 saturated heterocycles. The van der Waals surface area contributed by atoms with Crippen molar-refractivity contribution in [2.45, 2.75) is 65.3 Å². The van der Waals surface area contributed by atoms with E-state index < -0.39 is 0 Å². The van der Waals surface area contributed by atoms with E-state index in [9.17, 15) is 10.1 Å². The van der Waals surface area contributed by atoms with Crippen LogP contribution in [-0.4, -0.2) is 5.91 Å². The van der Waals surface area contributed by atoms with E-state index in [-0.39, 0.29) is 17.5 Å². The van der Waals surface area contributed by atoms with E-state index in [0.29, 0.717) is 0 Å². The van der Waals surface area contributed by atoms with Crippen molar-refractivity contribution in [3.05, 3.63) is 76.0 Å². The van der Waals surface area contributed by atoms with Crippen LogP contribution in [0.2, 0.25) is 0 Å². The molecule has 1 aliphatic rings. The molecule has 0 radical (unpaired) electrons. The van der Waals surface area contributed by atoms with Crippen molar-refractivity contribution < 1.29 is 4.79 Å². The summed E-state index contributed by atoms with van der Waals surface area (Å²) in [6.07, 6.45) is 7.99. The number of nitrogens with one attached hydrogen (secondary N) is 2. The molecule has 0 saturated carbocycles. The van der Waals surface area contributed by atoms with Crippen LogP contribution in [0.4, 0.5) is 5.69 Å². The van der Waals surface area contributed by atoms with Gasteiger partial charge in [0.2, 0.25) is 0 Å². The van der Waals surface area contributed by atoms with Crippen LogP contribution in [-0.2, 0) is 30.5 Å². The molecule has 2 aromatic rings. The molecule has 0 aromatic heterocycles. The van der Waals surface area contributed by atoms with Gasteiger partial charge in [-0.1, -0.05) is 50.2 Å². The first-order valence-corrected chi connectivity index (χ1v) is 11.0. The molecular formula is C26H31N3O. The number of rotatable bonds is 7. The van der Waals surface area contributed by atoms with Crippen molar-refractivity contribution in [1.82, 2.24) is 5.32 Å². The average Bonchev–Trinajstić information content (AvgIpc) is 2.79. The maximum atomic E-state index is 12.8. The third-order valence-electron chi connectivity index (χ3n) is 5.95. The quantitative estimate of drug-likeness (QED) is 0.483. The molecule has 30 heavy (non-hydrogen) atoms. The molecule has 0 spiro atoms. The Bertz CT molecular complexity index is 962. The van der Waals surface area contributed by atoms with Crippen LogP contribution in [0.5, 0.6) is 0 Å². The molecule has 2 N–H and O–H groups in total. The van der Waals surface area contributed by atoms with Crippen molar-refractivity contribution in [2.24, 2.45) is 0 Å². The Morgan fingerprint density at radius 3 is 2.40 bits per heavy atom.